The van der Waals surface area contributed by atoms with Gasteiger partial charge in [-0.1, -0.05) is 16.5 Å². The summed E-state index contributed by atoms with van der Waals surface area (Å²) in [5.74, 6) is -1.97. The van der Waals surface area contributed by atoms with Crippen LogP contribution in [0.4, 0.5) is 8.78 Å². The lowest BCUT2D eigenvalue weighted by molar-refractivity contribution is -0.212. The average Bonchev–Trinajstić information content (AvgIpc) is 3.31. The maximum absolute atomic E-state index is 14.6. The van der Waals surface area contributed by atoms with Gasteiger partial charge in [-0.3, -0.25) is 0 Å². The molecule has 1 saturated heterocycles. The van der Waals surface area contributed by atoms with Crippen molar-refractivity contribution in [3.8, 4) is 11.3 Å². The zero-order valence-electron chi connectivity index (χ0n) is 20.7. The Morgan fingerprint density at radius 1 is 1.08 bits per heavy atom. The van der Waals surface area contributed by atoms with Gasteiger partial charge in [-0.2, -0.15) is 0 Å². The largest absolute Gasteiger partial charge is 0.394 e. The molecule has 3 fully saturated rings. The fraction of sp³-hybridized carbons (Fsp3) is 0.600. The molecule has 0 bridgehead atoms. The van der Waals surface area contributed by atoms with E-state index < -0.39 is 48.7 Å². The Morgan fingerprint density at radius 3 is 2.54 bits per heavy atom. The molecule has 3 heterocycles. The minimum absolute atomic E-state index is 0.0410. The molecule has 2 N–H and O–H groups in total. The van der Waals surface area contributed by atoms with E-state index in [1.165, 1.54) is 49.9 Å². The summed E-state index contributed by atoms with van der Waals surface area (Å²) in [5, 5.41) is 37.7. The van der Waals surface area contributed by atoms with Crippen molar-refractivity contribution in [2.75, 3.05) is 13.7 Å². The minimum atomic E-state index is -1.19. The summed E-state index contributed by atoms with van der Waals surface area (Å²) in [5.41, 5.74) is 1.51. The summed E-state index contributed by atoms with van der Waals surface area (Å²) in [6.45, 7) is 1.05. The highest BCUT2D eigenvalue weighted by atomic mass is 19.2. The van der Waals surface area contributed by atoms with Crippen LogP contribution in [0.15, 0.2) is 24.5 Å². The van der Waals surface area contributed by atoms with Crippen molar-refractivity contribution in [2.45, 2.75) is 75.5 Å². The average molecular weight is 517 g/mol. The molecular weight excluding hydrogens is 486 g/mol. The molecule has 10 nitrogen and oxygen atoms in total. The van der Waals surface area contributed by atoms with Gasteiger partial charge in [0.1, 0.15) is 30.0 Å². The van der Waals surface area contributed by atoms with Gasteiger partial charge in [0, 0.05) is 25.3 Å². The first-order valence-electron chi connectivity index (χ1n) is 12.6. The maximum Gasteiger partial charge on any atom is 0.168 e. The highest BCUT2D eigenvalue weighted by Gasteiger charge is 2.54. The predicted molar refractivity (Wildman–Crippen MR) is 125 cm³/mol. The van der Waals surface area contributed by atoms with Crippen LogP contribution < -0.4 is 0 Å². The molecule has 37 heavy (non-hydrogen) atoms. The van der Waals surface area contributed by atoms with Crippen LogP contribution in [-0.2, 0) is 15.9 Å². The summed E-state index contributed by atoms with van der Waals surface area (Å²) in [7, 11) is 1.49. The van der Waals surface area contributed by atoms with Crippen LogP contribution in [0.5, 0.6) is 0 Å². The van der Waals surface area contributed by atoms with Crippen molar-refractivity contribution in [3.05, 3.63) is 47.4 Å². The summed E-state index contributed by atoms with van der Waals surface area (Å²) >= 11 is 0. The fourth-order valence-corrected chi connectivity index (χ4v) is 5.82. The lowest BCUT2D eigenvalue weighted by atomic mass is 9.77. The second kappa shape index (κ2) is 9.19. The topological polar surface area (TPSA) is 120 Å². The number of aliphatic hydroxyl groups is 2. The van der Waals surface area contributed by atoms with Gasteiger partial charge in [0.05, 0.1) is 30.6 Å². The first-order valence-corrected chi connectivity index (χ1v) is 12.6. The van der Waals surface area contributed by atoms with E-state index in [1.807, 2.05) is 10.9 Å². The molecule has 0 unspecified atom stereocenters. The SMILES string of the molecule is CO[C@@H]1[C@@H](n2cc(-c3ccc(C)c(F)c3F)nn2)[C@@H](O)[C@@H](CO)O[C@@H]1Cc1cn(C2CC3(CC3)C2)nn1. The zero-order valence-corrected chi connectivity index (χ0v) is 20.7. The number of halogens is 2. The summed E-state index contributed by atoms with van der Waals surface area (Å²) in [6.07, 6.45) is 5.19. The summed E-state index contributed by atoms with van der Waals surface area (Å²) < 4.78 is 43.8. The van der Waals surface area contributed by atoms with Crippen molar-refractivity contribution >= 4 is 0 Å². The number of rotatable bonds is 7. The monoisotopic (exact) mass is 516 g/mol. The van der Waals surface area contributed by atoms with E-state index in [-0.39, 0.29) is 16.8 Å². The van der Waals surface area contributed by atoms with Crippen molar-refractivity contribution < 1.29 is 28.5 Å². The van der Waals surface area contributed by atoms with Gasteiger partial charge in [-0.05, 0) is 49.7 Å². The van der Waals surface area contributed by atoms with E-state index in [0.717, 1.165) is 12.8 Å². The molecule has 3 aliphatic rings. The Kier molecular flexibility index (Phi) is 6.09. The van der Waals surface area contributed by atoms with Crippen LogP contribution in [0.2, 0.25) is 0 Å². The van der Waals surface area contributed by atoms with Crippen molar-refractivity contribution in [1.82, 2.24) is 30.0 Å². The molecular formula is C25H30F2N6O4. The molecule has 1 aromatic carbocycles. The highest BCUT2D eigenvalue weighted by molar-refractivity contribution is 5.59. The molecule has 1 spiro atoms. The van der Waals surface area contributed by atoms with Gasteiger partial charge in [0.25, 0.3) is 0 Å². The Morgan fingerprint density at radius 2 is 1.84 bits per heavy atom. The van der Waals surface area contributed by atoms with E-state index in [4.69, 9.17) is 9.47 Å². The lowest BCUT2D eigenvalue weighted by Crippen LogP contribution is -2.57. The van der Waals surface area contributed by atoms with Gasteiger partial charge >= 0.3 is 0 Å². The minimum Gasteiger partial charge on any atom is -0.394 e. The van der Waals surface area contributed by atoms with E-state index in [2.05, 4.69) is 20.6 Å². The maximum atomic E-state index is 14.6. The molecule has 2 saturated carbocycles. The van der Waals surface area contributed by atoms with Crippen LogP contribution in [0.1, 0.15) is 49.0 Å². The number of aryl methyl sites for hydroxylation is 1. The quantitative estimate of drug-likeness (QED) is 0.490. The second-order valence-corrected chi connectivity index (χ2v) is 10.7. The fourth-order valence-electron chi connectivity index (χ4n) is 5.82. The number of hydrogen-bond donors (Lipinski definition) is 2. The molecule has 0 amide bonds. The molecule has 12 heteroatoms. The normalized spacial score (nSPS) is 29.0. The van der Waals surface area contributed by atoms with Crippen LogP contribution >= 0.6 is 0 Å². The smallest absolute Gasteiger partial charge is 0.168 e. The van der Waals surface area contributed by atoms with Crippen molar-refractivity contribution in [2.24, 2.45) is 5.41 Å². The van der Waals surface area contributed by atoms with Crippen LogP contribution in [0, 0.1) is 24.0 Å². The Bertz CT molecular complexity index is 1290. The molecule has 3 aromatic rings. The number of methoxy groups -OCH3 is 1. The van der Waals surface area contributed by atoms with Gasteiger partial charge in [0.2, 0.25) is 0 Å². The number of ether oxygens (including phenoxy) is 2. The zero-order chi connectivity index (χ0) is 25.9. The lowest BCUT2D eigenvalue weighted by Gasteiger charge is -2.43. The molecule has 0 radical (unpaired) electrons. The van der Waals surface area contributed by atoms with Crippen LogP contribution in [0.3, 0.4) is 0 Å². The van der Waals surface area contributed by atoms with E-state index in [1.54, 1.807) is 0 Å². The number of aliphatic hydroxyl groups excluding tert-OH is 2. The molecule has 2 aromatic heterocycles. The van der Waals surface area contributed by atoms with Gasteiger partial charge in [0.15, 0.2) is 11.6 Å². The van der Waals surface area contributed by atoms with E-state index in [0.29, 0.717) is 23.6 Å². The third-order valence-electron chi connectivity index (χ3n) is 8.24. The second-order valence-electron chi connectivity index (χ2n) is 10.7. The molecule has 5 atom stereocenters. The Hall–Kier alpha value is -2.80. The Balaban J connectivity index is 1.25. The summed E-state index contributed by atoms with van der Waals surface area (Å²) in [4.78, 5) is 0. The number of aromatic nitrogens is 6. The van der Waals surface area contributed by atoms with E-state index >= 15 is 0 Å². The van der Waals surface area contributed by atoms with Gasteiger partial charge < -0.3 is 19.7 Å². The third kappa shape index (κ3) is 4.25. The van der Waals surface area contributed by atoms with Gasteiger partial charge in [-0.15, -0.1) is 10.2 Å². The van der Waals surface area contributed by atoms with Crippen molar-refractivity contribution in [3.63, 3.8) is 0 Å². The van der Waals surface area contributed by atoms with Crippen LogP contribution in [0.25, 0.3) is 11.3 Å². The number of hydrogen-bond acceptors (Lipinski definition) is 8. The molecule has 6 rings (SSSR count). The predicted octanol–water partition coefficient (Wildman–Crippen LogP) is 2.16. The molecule has 2 aliphatic carbocycles. The summed E-state index contributed by atoms with van der Waals surface area (Å²) in [6, 6.07) is 2.46. The third-order valence-corrected chi connectivity index (χ3v) is 8.24. The standard InChI is InChI=1S/C25H30F2N6O4/c1-13-3-4-16(21(27)20(13)26)17-11-33(31-29-17)22-23(35)19(12-34)37-18(24(22)36-2)7-14-10-32(30-28-14)15-8-25(9-15)5-6-25/h3-4,10-11,15,18-19,22-24,34-35H,5-9,12H2,1-2H3/t18-,19-,22+,23+,24+/m1/s1. The number of nitrogens with zero attached hydrogens (tertiary/aromatic N) is 6. The van der Waals surface area contributed by atoms with Gasteiger partial charge in [-0.25, -0.2) is 18.1 Å². The van der Waals surface area contributed by atoms with E-state index in [9.17, 15) is 19.0 Å². The number of benzene rings is 1. The highest BCUT2D eigenvalue weighted by Crippen LogP contribution is 2.64. The Labute approximate surface area is 212 Å². The van der Waals surface area contributed by atoms with Crippen molar-refractivity contribution in [1.29, 1.82) is 0 Å². The first-order chi connectivity index (χ1) is 17.8. The first kappa shape index (κ1) is 24.5. The van der Waals surface area contributed by atoms with Crippen LogP contribution in [-0.4, -0.2) is 78.3 Å². The molecule has 1 aliphatic heterocycles. The molecule has 198 valence electrons.